The molecule has 0 saturated carbocycles. The van der Waals surface area contributed by atoms with Crippen molar-refractivity contribution in [2.45, 2.75) is 17.8 Å². The smallest absolute Gasteiger partial charge is 0.451 e. The molecule has 0 fully saturated rings. The van der Waals surface area contributed by atoms with Gasteiger partial charge in [0.1, 0.15) is 5.75 Å². The summed E-state index contributed by atoms with van der Waals surface area (Å²) < 4.78 is 41.1. The van der Waals surface area contributed by atoms with E-state index in [4.69, 9.17) is 21.1 Å². The van der Waals surface area contributed by atoms with Gasteiger partial charge in [-0.3, -0.25) is 4.79 Å². The Bertz CT molecular complexity index is 1800. The molecule has 2 atom stereocenters. The molecule has 0 aliphatic rings. The van der Waals surface area contributed by atoms with Crippen molar-refractivity contribution in [1.82, 2.24) is 4.98 Å². The lowest BCUT2D eigenvalue weighted by Crippen LogP contribution is -2.20. The van der Waals surface area contributed by atoms with Gasteiger partial charge in [-0.15, -0.1) is 0 Å². The van der Waals surface area contributed by atoms with Gasteiger partial charge in [-0.2, -0.15) is 20.2 Å². The van der Waals surface area contributed by atoms with Crippen LogP contribution in [0.15, 0.2) is 78.9 Å². The maximum atomic E-state index is 11.8. The van der Waals surface area contributed by atoms with E-state index in [-0.39, 0.29) is 41.2 Å². The highest BCUT2D eigenvalue weighted by Gasteiger charge is 2.25. The zero-order valence-corrected chi connectivity index (χ0v) is 26.7. The first kappa shape index (κ1) is 37.3. The number of aliphatic hydroxyl groups is 1. The molecule has 1 heterocycles. The molecule has 10 nitrogen and oxygen atoms in total. The SMILES string of the molecule is COC(=O)CCSC(c1cccc(C=Cc2ccc3ccc(Cl)cc3n2)c1)C(O)c1cccc(OCC(=O)OS(=O)(=O)OC)c1.[MgH2]. The highest BCUT2D eigenvalue weighted by molar-refractivity contribution is 7.99. The van der Waals surface area contributed by atoms with Crippen molar-refractivity contribution in [2.75, 3.05) is 26.6 Å². The third kappa shape index (κ3) is 11.0. The van der Waals surface area contributed by atoms with E-state index >= 15 is 0 Å². The number of aliphatic hydroxyl groups excluding tert-OH is 1. The van der Waals surface area contributed by atoms with Gasteiger partial charge in [0.2, 0.25) is 0 Å². The van der Waals surface area contributed by atoms with Crippen LogP contribution in [0, 0.1) is 0 Å². The number of pyridine rings is 1. The predicted molar refractivity (Wildman–Crippen MR) is 181 cm³/mol. The Kier molecular flexibility index (Phi) is 14.3. The van der Waals surface area contributed by atoms with Crippen molar-refractivity contribution in [1.29, 1.82) is 0 Å². The second kappa shape index (κ2) is 17.7. The Morgan fingerprint density at radius 3 is 2.46 bits per heavy atom. The third-order valence-electron chi connectivity index (χ3n) is 6.43. The van der Waals surface area contributed by atoms with Gasteiger partial charge in [-0.1, -0.05) is 66.2 Å². The van der Waals surface area contributed by atoms with E-state index < -0.39 is 34.3 Å². The highest BCUT2D eigenvalue weighted by atomic mass is 35.5. The zero-order chi connectivity index (χ0) is 32.4. The number of methoxy groups -OCH3 is 1. The van der Waals surface area contributed by atoms with E-state index in [0.29, 0.717) is 16.3 Å². The number of thioether (sulfide) groups is 1. The van der Waals surface area contributed by atoms with E-state index in [1.54, 1.807) is 18.2 Å². The monoisotopic (exact) mass is 697 g/mol. The van der Waals surface area contributed by atoms with Crippen molar-refractivity contribution in [3.05, 3.63) is 106 Å². The lowest BCUT2D eigenvalue weighted by atomic mass is 9.99. The average molecular weight is 698 g/mol. The number of carbonyl (C=O) groups is 2. The molecule has 0 radical (unpaired) electrons. The zero-order valence-electron chi connectivity index (χ0n) is 24.3. The molecule has 1 N–H and O–H groups in total. The Labute approximate surface area is 292 Å². The molecule has 0 bridgehead atoms. The highest BCUT2D eigenvalue weighted by Crippen LogP contribution is 2.41. The molecule has 4 rings (SSSR count). The van der Waals surface area contributed by atoms with Crippen molar-refractivity contribution in [3.63, 3.8) is 0 Å². The number of carbonyl (C=O) groups excluding carboxylic acids is 2. The van der Waals surface area contributed by atoms with Crippen LogP contribution in [0.5, 0.6) is 5.75 Å². The number of halogens is 1. The minimum absolute atomic E-state index is 0. The topological polar surface area (TPSA) is 138 Å². The number of nitrogens with zero attached hydrogens (tertiary/aromatic N) is 1. The first-order valence-electron chi connectivity index (χ1n) is 13.5. The molecule has 1 aromatic heterocycles. The Morgan fingerprint density at radius 2 is 1.70 bits per heavy atom. The van der Waals surface area contributed by atoms with Crippen LogP contribution in [-0.2, 0) is 33.1 Å². The van der Waals surface area contributed by atoms with Crippen LogP contribution >= 0.6 is 23.4 Å². The molecule has 14 heteroatoms. The Morgan fingerprint density at radius 1 is 0.957 bits per heavy atom. The van der Waals surface area contributed by atoms with Gasteiger partial charge in [0.15, 0.2) is 6.61 Å². The van der Waals surface area contributed by atoms with Crippen molar-refractivity contribution in [2.24, 2.45) is 0 Å². The fraction of sp³-hybridized carbons (Fsp3) is 0.219. The lowest BCUT2D eigenvalue weighted by Gasteiger charge is -2.24. The third-order valence-corrected chi connectivity index (χ3v) is 8.80. The molecule has 2 unspecified atom stereocenters. The predicted octanol–water partition coefficient (Wildman–Crippen LogP) is 5.03. The molecule has 4 aromatic rings. The number of rotatable bonds is 14. The van der Waals surface area contributed by atoms with Crippen LogP contribution < -0.4 is 4.74 Å². The molecule has 3 aromatic carbocycles. The van der Waals surface area contributed by atoms with E-state index in [2.05, 4.69) is 13.4 Å². The lowest BCUT2D eigenvalue weighted by molar-refractivity contribution is -0.140. The van der Waals surface area contributed by atoms with Gasteiger partial charge < -0.3 is 18.8 Å². The minimum Gasteiger partial charge on any atom is -0.482 e. The van der Waals surface area contributed by atoms with Crippen LogP contribution in [0.25, 0.3) is 23.1 Å². The van der Waals surface area contributed by atoms with Crippen molar-refractivity contribution in [3.8, 4) is 5.75 Å². The molecule has 0 aliphatic carbocycles. The molecule has 46 heavy (non-hydrogen) atoms. The largest absolute Gasteiger partial charge is 0.482 e. The normalized spacial score (nSPS) is 12.7. The summed E-state index contributed by atoms with van der Waals surface area (Å²) in [5.74, 6) is -0.952. The van der Waals surface area contributed by atoms with Gasteiger partial charge in [0.05, 0.1) is 43.2 Å². The number of fused-ring (bicyclic) bond motifs is 1. The number of hydrogen-bond acceptors (Lipinski definition) is 11. The van der Waals surface area contributed by atoms with Crippen LogP contribution in [-0.4, -0.2) is 80.1 Å². The fourth-order valence-electron chi connectivity index (χ4n) is 4.24. The van der Waals surface area contributed by atoms with E-state index in [0.717, 1.165) is 34.8 Å². The van der Waals surface area contributed by atoms with E-state index in [9.17, 15) is 23.1 Å². The first-order chi connectivity index (χ1) is 21.6. The van der Waals surface area contributed by atoms with Crippen LogP contribution in [0.1, 0.15) is 40.2 Å². The summed E-state index contributed by atoms with van der Waals surface area (Å²) in [5, 5.41) is 12.6. The summed E-state index contributed by atoms with van der Waals surface area (Å²) in [6, 6.07) is 23.5. The van der Waals surface area contributed by atoms with E-state index in [1.165, 1.54) is 24.9 Å². The molecule has 0 amide bonds. The molecule has 0 saturated heterocycles. The Balaban J connectivity index is 0.00000576. The van der Waals surface area contributed by atoms with Gasteiger partial charge in [-0.25, -0.2) is 14.0 Å². The number of esters is 1. The number of hydrogen-bond donors (Lipinski definition) is 1. The van der Waals surface area contributed by atoms with Crippen molar-refractivity contribution < 1.29 is 41.0 Å². The quantitative estimate of drug-likeness (QED) is 0.140. The van der Waals surface area contributed by atoms with Gasteiger partial charge in [-0.05, 0) is 53.1 Å². The minimum atomic E-state index is -4.46. The number of benzene rings is 3. The van der Waals surface area contributed by atoms with Crippen LogP contribution in [0.3, 0.4) is 0 Å². The van der Waals surface area contributed by atoms with Gasteiger partial charge in [0, 0.05) is 16.2 Å². The first-order valence-corrected chi connectivity index (χ1v) is 16.3. The Hall–Kier alpha value is -3.17. The standard InChI is InChI=1S/C32H30ClNO9S2.Mg.2H/c1-40-29(35)15-16-44-32(31(37)23-6-4-8-27(18-23)42-20-30(36)43-45(38,39)41-2)24-7-3-5-21(17-24)9-13-26-14-11-22-10-12-25(33)19-28(22)34-26;;;/h3-14,17-19,31-32,37H,15-16,20H2,1-2H3;;;. The molecule has 240 valence electrons. The van der Waals surface area contributed by atoms with Crippen LogP contribution in [0.4, 0.5) is 0 Å². The maximum absolute atomic E-state index is 11.8. The van der Waals surface area contributed by atoms with Gasteiger partial charge in [0.25, 0.3) is 0 Å². The van der Waals surface area contributed by atoms with E-state index in [1.807, 2.05) is 66.7 Å². The molecule has 0 aliphatic heterocycles. The summed E-state index contributed by atoms with van der Waals surface area (Å²) in [4.78, 5) is 28.3. The van der Waals surface area contributed by atoms with Crippen molar-refractivity contribution >= 4 is 91.8 Å². The molecular formula is C32H32ClMgNO9S2. The maximum Gasteiger partial charge on any atom is 0.451 e. The molecule has 0 spiro atoms. The second-order valence-corrected chi connectivity index (χ2v) is 12.5. The summed E-state index contributed by atoms with van der Waals surface area (Å²) in [5.41, 5.74) is 3.68. The summed E-state index contributed by atoms with van der Waals surface area (Å²) in [6.45, 7) is -0.701. The summed E-state index contributed by atoms with van der Waals surface area (Å²) in [7, 11) is -2.28. The number of ether oxygens (including phenoxy) is 2. The fourth-order valence-corrected chi connectivity index (χ4v) is 5.97. The molecular weight excluding hydrogens is 666 g/mol. The second-order valence-electron chi connectivity index (χ2n) is 9.53. The van der Waals surface area contributed by atoms with Crippen LogP contribution in [0.2, 0.25) is 5.02 Å². The average Bonchev–Trinajstić information content (AvgIpc) is 3.04. The number of aromatic nitrogens is 1. The summed E-state index contributed by atoms with van der Waals surface area (Å²) >= 11 is 7.51. The van der Waals surface area contributed by atoms with Gasteiger partial charge >= 0.3 is 45.4 Å². The summed E-state index contributed by atoms with van der Waals surface area (Å²) in [6.07, 6.45) is 2.90.